The minimum absolute atomic E-state index is 0.0226. The minimum Gasteiger partial charge on any atom is -0.276 e. The SMILES string of the molecule is CCN(CC)S(=O)(=O)c1ccc2nnc(SCCCS(=O)(=O)NC)n2c1. The van der Waals surface area contributed by atoms with Crippen molar-refractivity contribution in [3.8, 4) is 0 Å². The summed E-state index contributed by atoms with van der Waals surface area (Å²) in [4.78, 5) is 0.174. The first-order valence-electron chi connectivity index (χ1n) is 8.14. The predicted octanol–water partition coefficient (Wildman–Crippen LogP) is 0.791. The number of nitrogens with one attached hydrogen (secondary N) is 1. The molecule has 2 rings (SSSR count). The fourth-order valence-corrected chi connectivity index (χ4v) is 5.55. The Balaban J connectivity index is 2.20. The third kappa shape index (κ3) is 4.74. The summed E-state index contributed by atoms with van der Waals surface area (Å²) in [7, 11) is -5.43. The Morgan fingerprint density at radius 1 is 1.15 bits per heavy atom. The van der Waals surface area contributed by atoms with Crippen molar-refractivity contribution in [2.24, 2.45) is 0 Å². The molecule has 9 nitrogen and oxygen atoms in total. The molecule has 0 fully saturated rings. The molecular formula is C14H23N5O4S3. The highest BCUT2D eigenvalue weighted by Gasteiger charge is 2.22. The molecule has 0 aromatic carbocycles. The van der Waals surface area contributed by atoms with E-state index in [-0.39, 0.29) is 10.6 Å². The van der Waals surface area contributed by atoms with E-state index >= 15 is 0 Å². The standard InChI is InChI=1S/C14H23N5O4S3/c1-4-18(5-2)26(22,23)12-7-8-13-16-17-14(19(13)11-12)24-9-6-10-25(20,21)15-3/h7-8,11,15H,4-6,9-10H2,1-3H3. The third-order valence-corrected chi connectivity index (χ3v) is 8.30. The van der Waals surface area contributed by atoms with Gasteiger partial charge in [0.2, 0.25) is 20.0 Å². The van der Waals surface area contributed by atoms with Gasteiger partial charge in [-0.25, -0.2) is 21.6 Å². The topological polar surface area (TPSA) is 114 Å². The van der Waals surface area contributed by atoms with E-state index in [4.69, 9.17) is 0 Å². The van der Waals surface area contributed by atoms with Crippen molar-refractivity contribution in [1.29, 1.82) is 0 Å². The molecule has 0 aliphatic heterocycles. The molecule has 0 radical (unpaired) electrons. The molecule has 2 heterocycles. The number of nitrogens with zero attached hydrogens (tertiary/aromatic N) is 4. The summed E-state index contributed by atoms with van der Waals surface area (Å²) in [5, 5.41) is 8.61. The lowest BCUT2D eigenvalue weighted by Gasteiger charge is -2.18. The summed E-state index contributed by atoms with van der Waals surface area (Å²) in [5.74, 6) is 0.545. The molecular weight excluding hydrogens is 398 g/mol. The van der Waals surface area contributed by atoms with Gasteiger partial charge in [0, 0.05) is 25.0 Å². The van der Waals surface area contributed by atoms with Gasteiger partial charge in [0.1, 0.15) is 0 Å². The molecule has 0 atom stereocenters. The fraction of sp³-hybridized carbons (Fsp3) is 0.571. The van der Waals surface area contributed by atoms with Crippen molar-refractivity contribution in [3.63, 3.8) is 0 Å². The third-order valence-electron chi connectivity index (χ3n) is 3.79. The number of rotatable bonds is 10. The number of aromatic nitrogens is 3. The minimum atomic E-state index is -3.58. The monoisotopic (exact) mass is 421 g/mol. The van der Waals surface area contributed by atoms with Crippen molar-refractivity contribution in [2.75, 3.05) is 31.6 Å². The average molecular weight is 422 g/mol. The van der Waals surface area contributed by atoms with Crippen LogP contribution in [0, 0.1) is 0 Å². The van der Waals surface area contributed by atoms with Gasteiger partial charge in [-0.2, -0.15) is 4.31 Å². The summed E-state index contributed by atoms with van der Waals surface area (Å²) in [6.45, 7) is 4.36. The summed E-state index contributed by atoms with van der Waals surface area (Å²) >= 11 is 1.34. The summed E-state index contributed by atoms with van der Waals surface area (Å²) in [6.07, 6.45) is 1.95. The van der Waals surface area contributed by atoms with Gasteiger partial charge in [-0.3, -0.25) is 4.40 Å². The number of thioether (sulfide) groups is 1. The Kier molecular flexibility index (Phi) is 7.02. The van der Waals surface area contributed by atoms with Gasteiger partial charge < -0.3 is 0 Å². The van der Waals surface area contributed by atoms with Crippen LogP contribution in [0.1, 0.15) is 20.3 Å². The molecule has 0 aliphatic carbocycles. The van der Waals surface area contributed by atoms with E-state index in [0.29, 0.717) is 36.1 Å². The van der Waals surface area contributed by atoms with Crippen molar-refractivity contribution < 1.29 is 16.8 Å². The van der Waals surface area contributed by atoms with E-state index < -0.39 is 20.0 Å². The zero-order valence-corrected chi connectivity index (χ0v) is 17.4. The Morgan fingerprint density at radius 2 is 1.85 bits per heavy atom. The molecule has 0 saturated heterocycles. The van der Waals surface area contributed by atoms with Crippen LogP contribution in [0.3, 0.4) is 0 Å². The van der Waals surface area contributed by atoms with Gasteiger partial charge in [0.25, 0.3) is 0 Å². The Morgan fingerprint density at radius 3 is 2.46 bits per heavy atom. The Labute approximate surface area is 158 Å². The Hall–Kier alpha value is -1.21. The van der Waals surface area contributed by atoms with E-state index in [1.54, 1.807) is 24.3 Å². The second-order valence-electron chi connectivity index (χ2n) is 5.39. The average Bonchev–Trinajstić information content (AvgIpc) is 3.02. The van der Waals surface area contributed by atoms with Crippen molar-refractivity contribution in [2.45, 2.75) is 30.3 Å². The Bertz CT molecular complexity index is 952. The maximum Gasteiger partial charge on any atom is 0.244 e. The summed E-state index contributed by atoms with van der Waals surface area (Å²) in [6, 6.07) is 3.13. The van der Waals surface area contributed by atoms with E-state index in [1.807, 2.05) is 0 Å². The van der Waals surface area contributed by atoms with Crippen LogP contribution in [-0.4, -0.2) is 67.4 Å². The lowest BCUT2D eigenvalue weighted by molar-refractivity contribution is 0.445. The highest BCUT2D eigenvalue weighted by atomic mass is 32.2. The van der Waals surface area contributed by atoms with Gasteiger partial charge in [-0.05, 0) is 25.6 Å². The lowest BCUT2D eigenvalue weighted by atomic mass is 10.5. The van der Waals surface area contributed by atoms with Crippen LogP contribution >= 0.6 is 11.8 Å². The largest absolute Gasteiger partial charge is 0.276 e. The van der Waals surface area contributed by atoms with Gasteiger partial charge >= 0.3 is 0 Å². The van der Waals surface area contributed by atoms with Crippen LogP contribution in [0.25, 0.3) is 5.65 Å². The molecule has 2 aromatic rings. The molecule has 12 heteroatoms. The normalized spacial score (nSPS) is 12.9. The fourth-order valence-electron chi connectivity index (χ4n) is 2.33. The molecule has 26 heavy (non-hydrogen) atoms. The van der Waals surface area contributed by atoms with E-state index in [9.17, 15) is 16.8 Å². The van der Waals surface area contributed by atoms with Crippen LogP contribution in [0.2, 0.25) is 0 Å². The van der Waals surface area contributed by atoms with Crippen LogP contribution in [-0.2, 0) is 20.0 Å². The van der Waals surface area contributed by atoms with Gasteiger partial charge in [-0.15, -0.1) is 10.2 Å². The number of hydrogen-bond donors (Lipinski definition) is 1. The molecule has 0 aliphatic rings. The molecule has 0 bridgehead atoms. The molecule has 1 N–H and O–H groups in total. The zero-order valence-electron chi connectivity index (χ0n) is 14.9. The van der Waals surface area contributed by atoms with E-state index in [2.05, 4.69) is 14.9 Å². The number of sulfonamides is 2. The second kappa shape index (κ2) is 8.65. The lowest BCUT2D eigenvalue weighted by Crippen LogP contribution is -2.30. The molecule has 0 amide bonds. The number of hydrogen-bond acceptors (Lipinski definition) is 7. The predicted molar refractivity (Wildman–Crippen MR) is 101 cm³/mol. The smallest absolute Gasteiger partial charge is 0.244 e. The molecule has 2 aromatic heterocycles. The first kappa shape index (κ1) is 21.1. The quantitative estimate of drug-likeness (QED) is 0.446. The molecule has 146 valence electrons. The van der Waals surface area contributed by atoms with Gasteiger partial charge in [0.15, 0.2) is 10.8 Å². The second-order valence-corrected chi connectivity index (χ2v) is 10.4. The number of fused-ring (bicyclic) bond motifs is 1. The van der Waals surface area contributed by atoms with Crippen LogP contribution in [0.5, 0.6) is 0 Å². The van der Waals surface area contributed by atoms with E-state index in [0.717, 1.165) is 0 Å². The molecule has 0 spiro atoms. The van der Waals surface area contributed by atoms with Crippen molar-refractivity contribution in [3.05, 3.63) is 18.3 Å². The molecule has 0 unspecified atom stereocenters. The summed E-state index contributed by atoms with van der Waals surface area (Å²) < 4.78 is 53.5. The first-order valence-corrected chi connectivity index (χ1v) is 12.2. The van der Waals surface area contributed by atoms with E-state index in [1.165, 1.54) is 35.4 Å². The van der Waals surface area contributed by atoms with Crippen LogP contribution in [0.15, 0.2) is 28.4 Å². The van der Waals surface area contributed by atoms with Gasteiger partial charge in [0.05, 0.1) is 10.6 Å². The highest BCUT2D eigenvalue weighted by molar-refractivity contribution is 7.99. The number of pyridine rings is 1. The van der Waals surface area contributed by atoms with Crippen LogP contribution in [0.4, 0.5) is 0 Å². The van der Waals surface area contributed by atoms with Crippen molar-refractivity contribution >= 4 is 37.5 Å². The highest BCUT2D eigenvalue weighted by Crippen LogP contribution is 2.21. The van der Waals surface area contributed by atoms with Gasteiger partial charge in [-0.1, -0.05) is 25.6 Å². The zero-order chi connectivity index (χ0) is 19.4. The first-order chi connectivity index (χ1) is 12.2. The maximum absolute atomic E-state index is 12.7. The molecule has 0 saturated carbocycles. The van der Waals surface area contributed by atoms with Crippen molar-refractivity contribution in [1.82, 2.24) is 23.6 Å². The van der Waals surface area contributed by atoms with Crippen LogP contribution < -0.4 is 4.72 Å². The summed E-state index contributed by atoms with van der Waals surface area (Å²) in [5.41, 5.74) is 0.536. The maximum atomic E-state index is 12.7.